The molecule has 0 amide bonds. The highest BCUT2D eigenvalue weighted by molar-refractivity contribution is 5.48. The standard InChI is InChI=1S/C11H16N2O.C3H6O2/c1-14-11-7-10(8-12-9-11)13-5-3-2-4-6-13;1-2-5-3-4/h7-9H,2-6H2,1H3;3H,2H2,1H3. The van der Waals surface area contributed by atoms with E-state index in [1.807, 2.05) is 6.20 Å². The zero-order valence-corrected chi connectivity index (χ0v) is 11.7. The summed E-state index contributed by atoms with van der Waals surface area (Å²) in [6.07, 6.45) is 7.59. The van der Waals surface area contributed by atoms with Crippen molar-refractivity contribution >= 4 is 12.2 Å². The molecule has 1 fully saturated rings. The highest BCUT2D eigenvalue weighted by Crippen LogP contribution is 2.22. The molecule has 1 aliphatic rings. The summed E-state index contributed by atoms with van der Waals surface area (Å²) in [6, 6.07) is 2.05. The molecule has 1 saturated heterocycles. The van der Waals surface area contributed by atoms with Gasteiger partial charge in [0.15, 0.2) is 0 Å². The predicted molar refractivity (Wildman–Crippen MR) is 74.5 cm³/mol. The van der Waals surface area contributed by atoms with Crippen molar-refractivity contribution in [2.75, 3.05) is 31.7 Å². The Morgan fingerprint density at radius 1 is 1.32 bits per heavy atom. The van der Waals surface area contributed by atoms with Crippen molar-refractivity contribution in [2.24, 2.45) is 0 Å². The first-order chi connectivity index (χ1) is 9.31. The summed E-state index contributed by atoms with van der Waals surface area (Å²) in [6.45, 7) is 4.96. The average Bonchev–Trinajstić information content (AvgIpc) is 2.50. The third-order valence-corrected chi connectivity index (χ3v) is 2.89. The summed E-state index contributed by atoms with van der Waals surface area (Å²) >= 11 is 0. The molecule has 0 aliphatic carbocycles. The fourth-order valence-corrected chi connectivity index (χ4v) is 1.91. The average molecular weight is 266 g/mol. The number of piperidine rings is 1. The second kappa shape index (κ2) is 9.19. The van der Waals surface area contributed by atoms with E-state index in [0.717, 1.165) is 18.8 Å². The van der Waals surface area contributed by atoms with E-state index in [1.54, 1.807) is 20.2 Å². The van der Waals surface area contributed by atoms with E-state index < -0.39 is 0 Å². The summed E-state index contributed by atoms with van der Waals surface area (Å²) in [5, 5.41) is 0. The van der Waals surface area contributed by atoms with Gasteiger partial charge in [-0.15, -0.1) is 0 Å². The van der Waals surface area contributed by atoms with Crippen LogP contribution >= 0.6 is 0 Å². The molecule has 0 saturated carbocycles. The molecule has 5 nitrogen and oxygen atoms in total. The van der Waals surface area contributed by atoms with Crippen molar-refractivity contribution in [1.29, 1.82) is 0 Å². The Morgan fingerprint density at radius 2 is 2.05 bits per heavy atom. The Kier molecular flexibility index (Phi) is 7.39. The normalized spacial score (nSPS) is 14.1. The molecule has 0 atom stereocenters. The summed E-state index contributed by atoms with van der Waals surface area (Å²) in [5.74, 6) is 0.841. The summed E-state index contributed by atoms with van der Waals surface area (Å²) in [5.41, 5.74) is 1.18. The van der Waals surface area contributed by atoms with Crippen molar-refractivity contribution in [3.05, 3.63) is 18.5 Å². The summed E-state index contributed by atoms with van der Waals surface area (Å²) in [4.78, 5) is 15.7. The molecular weight excluding hydrogens is 244 g/mol. The van der Waals surface area contributed by atoms with Gasteiger partial charge in [0.05, 0.1) is 31.8 Å². The lowest BCUT2D eigenvalue weighted by atomic mass is 10.1. The molecule has 0 unspecified atom stereocenters. The molecule has 1 aliphatic heterocycles. The molecule has 2 rings (SSSR count). The Balaban J connectivity index is 0.000000312. The maximum absolute atomic E-state index is 9.18. The lowest BCUT2D eigenvalue weighted by Gasteiger charge is -2.28. The van der Waals surface area contributed by atoms with Crippen LogP contribution in [0.2, 0.25) is 0 Å². The maximum Gasteiger partial charge on any atom is 0.293 e. The fraction of sp³-hybridized carbons (Fsp3) is 0.571. The lowest BCUT2D eigenvalue weighted by molar-refractivity contribution is -0.128. The van der Waals surface area contributed by atoms with E-state index in [2.05, 4.69) is 20.7 Å². The van der Waals surface area contributed by atoms with Crippen LogP contribution < -0.4 is 9.64 Å². The Hall–Kier alpha value is -1.78. The van der Waals surface area contributed by atoms with Gasteiger partial charge in [0.1, 0.15) is 5.75 Å². The summed E-state index contributed by atoms with van der Waals surface area (Å²) < 4.78 is 9.31. The van der Waals surface area contributed by atoms with E-state index in [9.17, 15) is 4.79 Å². The molecule has 0 radical (unpaired) electrons. The number of pyridine rings is 1. The Morgan fingerprint density at radius 3 is 2.58 bits per heavy atom. The Labute approximate surface area is 114 Å². The number of methoxy groups -OCH3 is 1. The molecule has 5 heteroatoms. The van der Waals surface area contributed by atoms with Crippen LogP contribution in [0.5, 0.6) is 5.75 Å². The first kappa shape index (κ1) is 15.3. The van der Waals surface area contributed by atoms with Gasteiger partial charge < -0.3 is 14.4 Å². The van der Waals surface area contributed by atoms with Gasteiger partial charge in [-0.05, 0) is 26.2 Å². The van der Waals surface area contributed by atoms with E-state index in [-0.39, 0.29) is 0 Å². The van der Waals surface area contributed by atoms with Crippen molar-refractivity contribution in [1.82, 2.24) is 4.98 Å². The van der Waals surface area contributed by atoms with Crippen molar-refractivity contribution < 1.29 is 14.3 Å². The van der Waals surface area contributed by atoms with Crippen LogP contribution in [0.3, 0.4) is 0 Å². The van der Waals surface area contributed by atoms with Gasteiger partial charge in [0.2, 0.25) is 0 Å². The number of hydrogen-bond donors (Lipinski definition) is 0. The van der Waals surface area contributed by atoms with E-state index in [0.29, 0.717) is 13.1 Å². The molecule has 2 heterocycles. The third-order valence-electron chi connectivity index (χ3n) is 2.89. The van der Waals surface area contributed by atoms with Gasteiger partial charge in [0.25, 0.3) is 6.47 Å². The largest absolute Gasteiger partial charge is 0.495 e. The van der Waals surface area contributed by atoms with Gasteiger partial charge in [-0.3, -0.25) is 9.78 Å². The second-order valence-electron chi connectivity index (χ2n) is 4.18. The second-order valence-corrected chi connectivity index (χ2v) is 4.18. The first-order valence-electron chi connectivity index (χ1n) is 6.61. The number of hydrogen-bond acceptors (Lipinski definition) is 5. The number of ether oxygens (including phenoxy) is 2. The van der Waals surface area contributed by atoms with Crippen molar-refractivity contribution in [2.45, 2.75) is 26.2 Å². The maximum atomic E-state index is 9.18. The molecule has 1 aromatic heterocycles. The molecular formula is C14H22N2O3. The van der Waals surface area contributed by atoms with E-state index in [4.69, 9.17) is 4.74 Å². The number of carbonyl (C=O) groups is 1. The number of aromatic nitrogens is 1. The number of rotatable bonds is 4. The van der Waals surface area contributed by atoms with Crippen molar-refractivity contribution in [3.8, 4) is 5.75 Å². The van der Waals surface area contributed by atoms with Crippen LogP contribution in [0.4, 0.5) is 5.69 Å². The molecule has 0 spiro atoms. The molecule has 106 valence electrons. The van der Waals surface area contributed by atoms with Gasteiger partial charge in [-0.25, -0.2) is 0 Å². The molecule has 0 aromatic carbocycles. The molecule has 0 N–H and O–H groups in total. The van der Waals surface area contributed by atoms with E-state index >= 15 is 0 Å². The highest BCUT2D eigenvalue weighted by atomic mass is 16.5. The van der Waals surface area contributed by atoms with Gasteiger partial charge in [-0.2, -0.15) is 0 Å². The summed E-state index contributed by atoms with van der Waals surface area (Å²) in [7, 11) is 1.68. The van der Waals surface area contributed by atoms with Gasteiger partial charge in [0, 0.05) is 19.2 Å². The van der Waals surface area contributed by atoms with Crippen molar-refractivity contribution in [3.63, 3.8) is 0 Å². The minimum Gasteiger partial charge on any atom is -0.495 e. The quantitative estimate of drug-likeness (QED) is 0.782. The van der Waals surface area contributed by atoms with Crippen LogP contribution in [0, 0.1) is 0 Å². The van der Waals surface area contributed by atoms with E-state index in [1.165, 1.54) is 24.9 Å². The number of carbonyl (C=O) groups excluding carboxylic acids is 1. The first-order valence-corrected chi connectivity index (χ1v) is 6.61. The van der Waals surface area contributed by atoms with Crippen LogP contribution in [0.25, 0.3) is 0 Å². The topological polar surface area (TPSA) is 51.7 Å². The van der Waals surface area contributed by atoms with Crippen LogP contribution in [0.15, 0.2) is 18.5 Å². The fourth-order valence-electron chi connectivity index (χ4n) is 1.91. The lowest BCUT2D eigenvalue weighted by Crippen LogP contribution is -2.29. The van der Waals surface area contributed by atoms with Crippen LogP contribution in [0.1, 0.15) is 26.2 Å². The number of nitrogens with zero attached hydrogens (tertiary/aromatic N) is 2. The zero-order chi connectivity index (χ0) is 13.9. The van der Waals surface area contributed by atoms with Gasteiger partial charge in [-0.1, -0.05) is 0 Å². The third kappa shape index (κ3) is 5.59. The number of anilines is 1. The zero-order valence-electron chi connectivity index (χ0n) is 11.7. The monoisotopic (exact) mass is 266 g/mol. The molecule has 19 heavy (non-hydrogen) atoms. The molecule has 1 aromatic rings. The molecule has 0 bridgehead atoms. The Bertz CT molecular complexity index is 365. The predicted octanol–water partition coefficient (Wildman–Crippen LogP) is 2.26. The minimum atomic E-state index is 0.431. The highest BCUT2D eigenvalue weighted by Gasteiger charge is 2.11. The van der Waals surface area contributed by atoms with Crippen LogP contribution in [-0.4, -0.2) is 38.3 Å². The minimum absolute atomic E-state index is 0.431. The van der Waals surface area contributed by atoms with Crippen LogP contribution in [-0.2, 0) is 9.53 Å². The smallest absolute Gasteiger partial charge is 0.293 e. The van der Waals surface area contributed by atoms with Gasteiger partial charge >= 0.3 is 0 Å². The SMILES string of the molecule is CCOC=O.COc1cncc(N2CCCCC2)c1.